The second-order valence-corrected chi connectivity index (χ2v) is 5.51. The molecule has 5 nitrogen and oxygen atoms in total. The van der Waals surface area contributed by atoms with Crippen LogP contribution in [-0.4, -0.2) is 30.7 Å². The third kappa shape index (κ3) is 4.91. The van der Waals surface area contributed by atoms with E-state index in [9.17, 15) is 18.4 Å². The number of amides is 2. The van der Waals surface area contributed by atoms with Crippen LogP contribution in [0, 0.1) is 11.6 Å². The lowest BCUT2D eigenvalue weighted by Crippen LogP contribution is -2.44. The third-order valence-corrected chi connectivity index (χ3v) is 3.77. The lowest BCUT2D eigenvalue weighted by Gasteiger charge is -2.28. The van der Waals surface area contributed by atoms with Gasteiger partial charge in [-0.2, -0.15) is 0 Å². The summed E-state index contributed by atoms with van der Waals surface area (Å²) in [6, 6.07) is 2.59. The van der Waals surface area contributed by atoms with Gasteiger partial charge in [-0.1, -0.05) is 0 Å². The number of rotatable bonds is 4. The highest BCUT2D eigenvalue weighted by molar-refractivity contribution is 5.89. The summed E-state index contributed by atoms with van der Waals surface area (Å²) >= 11 is 0. The van der Waals surface area contributed by atoms with Crippen molar-refractivity contribution in [2.45, 2.75) is 44.8 Å². The Bertz CT molecular complexity index is 572. The van der Waals surface area contributed by atoms with Crippen LogP contribution in [0.3, 0.4) is 0 Å². The largest absolute Gasteiger partial charge is 0.459 e. The van der Waals surface area contributed by atoms with Crippen molar-refractivity contribution in [2.75, 3.05) is 6.54 Å². The molecule has 0 aromatic heterocycles. The number of urea groups is 1. The van der Waals surface area contributed by atoms with E-state index in [0.29, 0.717) is 38.3 Å². The zero-order valence-corrected chi connectivity index (χ0v) is 12.9. The Kier molecular flexibility index (Phi) is 5.90. The summed E-state index contributed by atoms with van der Waals surface area (Å²) in [4.78, 5) is 23.4. The number of nitrogens with one attached hydrogen (secondary N) is 2. The molecule has 0 heterocycles. The van der Waals surface area contributed by atoms with Crippen molar-refractivity contribution in [3.05, 3.63) is 35.4 Å². The molecule has 0 spiro atoms. The standard InChI is InChI=1S/C16H20F2N2O3/c1-2-19-16(22)20-11-4-6-12(7-5-11)23-15(21)13-8-3-10(17)9-14(13)18/h3,8-9,11-12H,2,4-7H2,1H3,(H2,19,20,22). The minimum absolute atomic E-state index is 0.0408. The van der Waals surface area contributed by atoms with Crippen molar-refractivity contribution in [1.82, 2.24) is 10.6 Å². The SMILES string of the molecule is CCNC(=O)NC1CCC(OC(=O)c2ccc(F)cc2F)CC1. The third-order valence-electron chi connectivity index (χ3n) is 3.77. The van der Waals surface area contributed by atoms with Crippen LogP contribution in [0.4, 0.5) is 13.6 Å². The normalized spacial score (nSPS) is 20.7. The van der Waals surface area contributed by atoms with E-state index >= 15 is 0 Å². The Morgan fingerprint density at radius 2 is 1.91 bits per heavy atom. The number of carbonyl (C=O) groups is 2. The molecule has 1 fully saturated rings. The molecule has 0 atom stereocenters. The minimum Gasteiger partial charge on any atom is -0.459 e. The number of carbonyl (C=O) groups excluding carboxylic acids is 2. The topological polar surface area (TPSA) is 67.4 Å². The fourth-order valence-corrected chi connectivity index (χ4v) is 2.59. The zero-order valence-electron chi connectivity index (χ0n) is 12.9. The van der Waals surface area contributed by atoms with Crippen LogP contribution in [-0.2, 0) is 4.74 Å². The molecule has 1 aliphatic carbocycles. The van der Waals surface area contributed by atoms with Gasteiger partial charge in [0.25, 0.3) is 0 Å². The number of benzene rings is 1. The molecule has 0 aliphatic heterocycles. The summed E-state index contributed by atoms with van der Waals surface area (Å²) in [7, 11) is 0. The Hall–Kier alpha value is -2.18. The van der Waals surface area contributed by atoms with Crippen LogP contribution in [0.1, 0.15) is 43.0 Å². The van der Waals surface area contributed by atoms with E-state index in [4.69, 9.17) is 4.74 Å². The fourth-order valence-electron chi connectivity index (χ4n) is 2.59. The summed E-state index contributed by atoms with van der Waals surface area (Å²) in [5.41, 5.74) is -0.269. The van der Waals surface area contributed by atoms with Gasteiger partial charge in [-0.15, -0.1) is 0 Å². The molecule has 0 radical (unpaired) electrons. The van der Waals surface area contributed by atoms with Crippen LogP contribution < -0.4 is 10.6 Å². The summed E-state index contributed by atoms with van der Waals surface area (Å²) in [6.45, 7) is 2.40. The summed E-state index contributed by atoms with van der Waals surface area (Å²) in [6.07, 6.45) is 2.22. The smallest absolute Gasteiger partial charge is 0.341 e. The Morgan fingerprint density at radius 1 is 1.22 bits per heavy atom. The highest BCUT2D eigenvalue weighted by Gasteiger charge is 2.26. The summed E-state index contributed by atoms with van der Waals surface area (Å²) < 4.78 is 31.6. The molecular formula is C16H20F2N2O3. The molecular weight excluding hydrogens is 306 g/mol. The van der Waals surface area contributed by atoms with E-state index in [1.807, 2.05) is 6.92 Å². The summed E-state index contributed by atoms with van der Waals surface area (Å²) in [5.74, 6) is -2.46. The van der Waals surface area contributed by atoms with Gasteiger partial charge in [0.05, 0.1) is 5.56 Å². The maximum absolute atomic E-state index is 13.5. The highest BCUT2D eigenvalue weighted by atomic mass is 19.1. The molecule has 0 saturated heterocycles. The van der Waals surface area contributed by atoms with Crippen molar-refractivity contribution >= 4 is 12.0 Å². The Balaban J connectivity index is 1.82. The molecule has 1 saturated carbocycles. The molecule has 1 aliphatic rings. The maximum atomic E-state index is 13.5. The van der Waals surface area contributed by atoms with Crippen molar-refractivity contribution < 1.29 is 23.1 Å². The van der Waals surface area contributed by atoms with Crippen molar-refractivity contribution in [3.63, 3.8) is 0 Å². The van der Waals surface area contributed by atoms with Gasteiger partial charge in [0.2, 0.25) is 0 Å². The lowest BCUT2D eigenvalue weighted by molar-refractivity contribution is 0.0183. The van der Waals surface area contributed by atoms with Crippen LogP contribution in [0.15, 0.2) is 18.2 Å². The van der Waals surface area contributed by atoms with Crippen LogP contribution in [0.25, 0.3) is 0 Å². The van der Waals surface area contributed by atoms with Gasteiger partial charge in [-0.05, 0) is 44.7 Å². The van der Waals surface area contributed by atoms with E-state index in [0.717, 1.165) is 12.1 Å². The fraction of sp³-hybridized carbons (Fsp3) is 0.500. The Labute approximate surface area is 133 Å². The summed E-state index contributed by atoms with van der Waals surface area (Å²) in [5, 5.41) is 5.51. The lowest BCUT2D eigenvalue weighted by atomic mass is 9.93. The van der Waals surface area contributed by atoms with E-state index in [-0.39, 0.29) is 23.7 Å². The molecule has 2 rings (SSSR count). The van der Waals surface area contributed by atoms with Gasteiger partial charge >= 0.3 is 12.0 Å². The van der Waals surface area contributed by atoms with Crippen LogP contribution >= 0.6 is 0 Å². The zero-order chi connectivity index (χ0) is 16.8. The average Bonchev–Trinajstić information content (AvgIpc) is 2.49. The van der Waals surface area contributed by atoms with E-state index in [1.54, 1.807) is 0 Å². The predicted molar refractivity (Wildman–Crippen MR) is 80.0 cm³/mol. The molecule has 0 unspecified atom stereocenters. The van der Waals surface area contributed by atoms with Gasteiger partial charge in [0.15, 0.2) is 0 Å². The number of esters is 1. The first-order chi connectivity index (χ1) is 11.0. The van der Waals surface area contributed by atoms with Gasteiger partial charge in [0, 0.05) is 18.7 Å². The number of halogens is 2. The first-order valence-electron chi connectivity index (χ1n) is 7.70. The maximum Gasteiger partial charge on any atom is 0.341 e. The monoisotopic (exact) mass is 326 g/mol. The van der Waals surface area contributed by atoms with E-state index in [2.05, 4.69) is 10.6 Å². The van der Waals surface area contributed by atoms with E-state index in [1.165, 1.54) is 0 Å². The van der Waals surface area contributed by atoms with Crippen molar-refractivity contribution in [1.29, 1.82) is 0 Å². The van der Waals surface area contributed by atoms with Gasteiger partial charge in [-0.3, -0.25) is 0 Å². The molecule has 126 valence electrons. The first-order valence-corrected chi connectivity index (χ1v) is 7.70. The van der Waals surface area contributed by atoms with Gasteiger partial charge in [0.1, 0.15) is 17.7 Å². The van der Waals surface area contributed by atoms with Gasteiger partial charge < -0.3 is 15.4 Å². The molecule has 23 heavy (non-hydrogen) atoms. The molecule has 0 bridgehead atoms. The van der Waals surface area contributed by atoms with Crippen LogP contribution in [0.5, 0.6) is 0 Å². The quantitative estimate of drug-likeness (QED) is 0.836. The molecule has 7 heteroatoms. The molecule has 1 aromatic carbocycles. The molecule has 2 N–H and O–H groups in total. The molecule has 1 aromatic rings. The second-order valence-electron chi connectivity index (χ2n) is 5.51. The molecule has 2 amide bonds. The minimum atomic E-state index is -0.929. The van der Waals surface area contributed by atoms with Crippen molar-refractivity contribution in [2.24, 2.45) is 0 Å². The van der Waals surface area contributed by atoms with Crippen LogP contribution in [0.2, 0.25) is 0 Å². The highest BCUT2D eigenvalue weighted by Crippen LogP contribution is 2.23. The first kappa shape index (κ1) is 17.2. The Morgan fingerprint density at radius 3 is 2.52 bits per heavy atom. The number of hydrogen-bond donors (Lipinski definition) is 2. The van der Waals surface area contributed by atoms with E-state index < -0.39 is 17.6 Å². The predicted octanol–water partition coefficient (Wildman–Crippen LogP) is 2.75. The number of ether oxygens (including phenoxy) is 1. The van der Waals surface area contributed by atoms with Crippen molar-refractivity contribution in [3.8, 4) is 0 Å². The average molecular weight is 326 g/mol. The second kappa shape index (κ2) is 7.89. The number of hydrogen-bond acceptors (Lipinski definition) is 3. The van der Waals surface area contributed by atoms with Gasteiger partial charge in [-0.25, -0.2) is 18.4 Å².